The number of pyridine rings is 3. The predicted octanol–water partition coefficient (Wildman–Crippen LogP) is 3.76. The highest BCUT2D eigenvalue weighted by Gasteiger charge is 2.12. The van der Waals surface area contributed by atoms with E-state index in [1.165, 1.54) is 5.57 Å². The van der Waals surface area contributed by atoms with Crippen LogP contribution >= 0.6 is 0 Å². The molecule has 168 valence electrons. The lowest BCUT2D eigenvalue weighted by Gasteiger charge is -2.20. The zero-order valence-corrected chi connectivity index (χ0v) is 19.2. The molecule has 0 spiro atoms. The summed E-state index contributed by atoms with van der Waals surface area (Å²) >= 11 is 0. The van der Waals surface area contributed by atoms with E-state index in [1.54, 1.807) is 31.9 Å². The summed E-state index contributed by atoms with van der Waals surface area (Å²) in [6, 6.07) is 7.82. The fourth-order valence-electron chi connectivity index (χ4n) is 3.49. The van der Waals surface area contributed by atoms with Crippen molar-refractivity contribution < 1.29 is 0 Å². The molecule has 5 N–H and O–H groups in total. The van der Waals surface area contributed by atoms with E-state index >= 15 is 0 Å². The number of aromatic nitrogens is 3. The van der Waals surface area contributed by atoms with Crippen LogP contribution in [0, 0.1) is 12.8 Å². The lowest BCUT2D eigenvalue weighted by atomic mass is 10.0. The smallest absolute Gasteiger partial charge is 0.132 e. The molecule has 0 fully saturated rings. The van der Waals surface area contributed by atoms with Gasteiger partial charge >= 0.3 is 0 Å². The highest BCUT2D eigenvalue weighted by Crippen LogP contribution is 2.24. The number of nitrogens with two attached hydrogens (primary N) is 1. The molecule has 8 nitrogen and oxygen atoms in total. The third kappa shape index (κ3) is 5.01. The molecular formula is C25H28N8. The molecule has 1 aliphatic rings. The maximum atomic E-state index is 6.52. The lowest BCUT2D eigenvalue weighted by Crippen LogP contribution is -2.33. The molecule has 33 heavy (non-hydrogen) atoms. The number of aliphatic imine (C=N–C) groups is 1. The number of rotatable bonds is 6. The molecule has 8 heteroatoms. The molecule has 4 rings (SSSR count). The van der Waals surface area contributed by atoms with Crippen LogP contribution in [0.15, 0.2) is 71.5 Å². The van der Waals surface area contributed by atoms with Crippen molar-refractivity contribution in [2.75, 3.05) is 12.4 Å². The van der Waals surface area contributed by atoms with E-state index in [9.17, 15) is 0 Å². The first-order chi connectivity index (χ1) is 15.9. The van der Waals surface area contributed by atoms with Crippen LogP contribution in [0.25, 0.3) is 22.3 Å². The predicted molar refractivity (Wildman–Crippen MR) is 135 cm³/mol. The molecule has 0 saturated heterocycles. The quantitative estimate of drug-likeness (QED) is 0.432. The Bertz CT molecular complexity index is 1300. The number of allylic oxidation sites excluding steroid dienone is 3. The summed E-state index contributed by atoms with van der Waals surface area (Å²) in [5, 5.41) is 3.32. The third-order valence-electron chi connectivity index (χ3n) is 5.27. The van der Waals surface area contributed by atoms with Crippen LogP contribution in [0.5, 0.6) is 0 Å². The van der Waals surface area contributed by atoms with Crippen molar-refractivity contribution >= 4 is 34.3 Å². The summed E-state index contributed by atoms with van der Waals surface area (Å²) in [5.74, 6) is 1.94. The van der Waals surface area contributed by atoms with Gasteiger partial charge in [-0.15, -0.1) is 0 Å². The van der Waals surface area contributed by atoms with Crippen LogP contribution in [0.2, 0.25) is 0 Å². The third-order valence-corrected chi connectivity index (χ3v) is 5.27. The largest absolute Gasteiger partial charge is 0.398 e. The summed E-state index contributed by atoms with van der Waals surface area (Å²) < 4.78 is 0. The van der Waals surface area contributed by atoms with Crippen LogP contribution in [-0.2, 0) is 0 Å². The molecule has 0 amide bonds. The fraction of sp³-hybridized carbons (Fsp3) is 0.200. The molecule has 0 atom stereocenters. The minimum absolute atomic E-state index is 0.409. The van der Waals surface area contributed by atoms with Crippen LogP contribution in [0.4, 0.5) is 5.82 Å². The van der Waals surface area contributed by atoms with Gasteiger partial charge in [0.25, 0.3) is 0 Å². The van der Waals surface area contributed by atoms with Gasteiger partial charge in [-0.25, -0.2) is 4.98 Å². The van der Waals surface area contributed by atoms with Crippen LogP contribution in [-0.4, -0.2) is 28.2 Å². The number of hydrogen-bond donors (Lipinski definition) is 4. The van der Waals surface area contributed by atoms with E-state index in [4.69, 9.17) is 10.7 Å². The second-order valence-corrected chi connectivity index (χ2v) is 8.18. The van der Waals surface area contributed by atoms with Crippen molar-refractivity contribution in [1.29, 1.82) is 0 Å². The molecule has 1 aliphatic heterocycles. The first kappa shape index (κ1) is 22.0. The monoisotopic (exact) mass is 440 g/mol. The molecule has 0 aliphatic carbocycles. The Labute approximate surface area is 193 Å². The summed E-state index contributed by atoms with van der Waals surface area (Å²) in [6.45, 7) is 6.29. The molecule has 0 bridgehead atoms. The van der Waals surface area contributed by atoms with E-state index in [0.29, 0.717) is 17.4 Å². The maximum Gasteiger partial charge on any atom is 0.132 e. The van der Waals surface area contributed by atoms with Crippen LogP contribution in [0.1, 0.15) is 30.5 Å². The Balaban J connectivity index is 1.71. The van der Waals surface area contributed by atoms with Gasteiger partial charge in [-0.05, 0) is 54.3 Å². The number of anilines is 1. The molecule has 0 unspecified atom stereocenters. The number of fused-ring (bicyclic) bond motifs is 1. The van der Waals surface area contributed by atoms with E-state index in [2.05, 4.69) is 51.1 Å². The van der Waals surface area contributed by atoms with E-state index in [-0.39, 0.29) is 0 Å². The second kappa shape index (κ2) is 9.52. The molecule has 3 aromatic rings. The Morgan fingerprint density at radius 3 is 2.73 bits per heavy atom. The average Bonchev–Trinajstić information content (AvgIpc) is 2.82. The molecule has 4 heterocycles. The first-order valence-corrected chi connectivity index (χ1v) is 10.8. The van der Waals surface area contributed by atoms with E-state index < -0.39 is 0 Å². The second-order valence-electron chi connectivity index (χ2n) is 8.18. The summed E-state index contributed by atoms with van der Waals surface area (Å²) in [5.41, 5.74) is 19.5. The zero-order chi connectivity index (χ0) is 23.4. The van der Waals surface area contributed by atoms with Gasteiger partial charge in [-0.3, -0.25) is 20.4 Å². The molecule has 3 aromatic heterocycles. The van der Waals surface area contributed by atoms with E-state index in [1.807, 2.05) is 37.4 Å². The van der Waals surface area contributed by atoms with Crippen molar-refractivity contribution in [2.24, 2.45) is 16.6 Å². The average molecular weight is 441 g/mol. The number of aryl methyl sites for hydroxylation is 1. The number of hydrogen-bond acceptors (Lipinski definition) is 8. The van der Waals surface area contributed by atoms with Gasteiger partial charge in [-0.2, -0.15) is 0 Å². The zero-order valence-electron chi connectivity index (χ0n) is 19.2. The minimum atomic E-state index is 0.409. The SMILES string of the molecule is CN=CC(=C(N)c1cncc(C)c1)c1cnc2ccc(NC3=CC(C(C)C)=CNN3)nc2c1. The van der Waals surface area contributed by atoms with Crippen molar-refractivity contribution in [2.45, 2.75) is 20.8 Å². The van der Waals surface area contributed by atoms with Crippen molar-refractivity contribution in [3.05, 3.63) is 83.2 Å². The summed E-state index contributed by atoms with van der Waals surface area (Å²) in [4.78, 5) is 17.8. The van der Waals surface area contributed by atoms with Crippen LogP contribution < -0.4 is 21.9 Å². The molecule has 0 saturated carbocycles. The summed E-state index contributed by atoms with van der Waals surface area (Å²) in [6.07, 6.45) is 11.1. The Hall–Kier alpha value is -4.20. The Morgan fingerprint density at radius 2 is 1.97 bits per heavy atom. The minimum Gasteiger partial charge on any atom is -0.398 e. The Kier molecular flexibility index (Phi) is 6.35. The molecule has 0 radical (unpaired) electrons. The standard InChI is InChI=1S/C25H28N8/c1-15(2)17-9-24(33-30-13-17)32-23-6-5-21-22(31-23)8-18(12-29-21)20(14-27-4)25(26)19-7-16(3)10-28-11-19/h5-15,30,33H,26H2,1-4H3,(H,31,32). The Morgan fingerprint density at radius 1 is 1.12 bits per heavy atom. The number of hydrazine groups is 1. The van der Waals surface area contributed by atoms with Crippen molar-refractivity contribution in [1.82, 2.24) is 25.8 Å². The van der Waals surface area contributed by atoms with Crippen molar-refractivity contribution in [3.63, 3.8) is 0 Å². The normalized spacial score (nSPS) is 14.5. The highest BCUT2D eigenvalue weighted by molar-refractivity contribution is 6.19. The van der Waals surface area contributed by atoms with Gasteiger partial charge in [0.15, 0.2) is 0 Å². The van der Waals surface area contributed by atoms with Gasteiger partial charge < -0.3 is 16.5 Å². The molecular weight excluding hydrogens is 412 g/mol. The lowest BCUT2D eigenvalue weighted by molar-refractivity contribution is 0.677. The van der Waals surface area contributed by atoms with Gasteiger partial charge in [0, 0.05) is 60.4 Å². The van der Waals surface area contributed by atoms with Crippen LogP contribution in [0.3, 0.4) is 0 Å². The van der Waals surface area contributed by atoms with Gasteiger partial charge in [0.2, 0.25) is 0 Å². The maximum absolute atomic E-state index is 6.52. The topological polar surface area (TPSA) is 113 Å². The number of nitrogens with one attached hydrogen (secondary N) is 3. The van der Waals surface area contributed by atoms with Crippen molar-refractivity contribution in [3.8, 4) is 0 Å². The first-order valence-electron chi connectivity index (χ1n) is 10.8. The number of nitrogens with zero attached hydrogens (tertiary/aromatic N) is 4. The van der Waals surface area contributed by atoms with E-state index in [0.717, 1.165) is 39.1 Å². The summed E-state index contributed by atoms with van der Waals surface area (Å²) in [7, 11) is 1.72. The van der Waals surface area contributed by atoms with Gasteiger partial charge in [-0.1, -0.05) is 13.8 Å². The van der Waals surface area contributed by atoms with Gasteiger partial charge in [0.05, 0.1) is 11.0 Å². The fourth-order valence-corrected chi connectivity index (χ4v) is 3.49. The van der Waals surface area contributed by atoms with Gasteiger partial charge in [0.1, 0.15) is 11.6 Å². The highest BCUT2D eigenvalue weighted by atomic mass is 15.4. The molecule has 0 aromatic carbocycles.